The molecule has 0 radical (unpaired) electrons. The van der Waals surface area contributed by atoms with Crippen LogP contribution in [0.3, 0.4) is 0 Å². The second-order valence-corrected chi connectivity index (χ2v) is 7.41. The van der Waals surface area contributed by atoms with E-state index in [-0.39, 0.29) is 0 Å². The summed E-state index contributed by atoms with van der Waals surface area (Å²) < 4.78 is 39.8. The second kappa shape index (κ2) is 2.92. The van der Waals surface area contributed by atoms with Gasteiger partial charge < -0.3 is 4.43 Å². The highest BCUT2D eigenvalue weighted by Gasteiger charge is 2.35. The van der Waals surface area contributed by atoms with Crippen molar-refractivity contribution in [2.75, 3.05) is 6.67 Å². The van der Waals surface area contributed by atoms with Gasteiger partial charge in [-0.3, -0.25) is 0 Å². The SMILES string of the molecule is C[Si](C)(C)OC(F)(F)CF. The van der Waals surface area contributed by atoms with Crippen LogP contribution in [0.25, 0.3) is 0 Å². The van der Waals surface area contributed by atoms with E-state index in [2.05, 4.69) is 4.43 Å². The summed E-state index contributed by atoms with van der Waals surface area (Å²) in [6.07, 6.45) is -3.58. The van der Waals surface area contributed by atoms with E-state index in [1.54, 1.807) is 19.6 Å². The van der Waals surface area contributed by atoms with Crippen molar-refractivity contribution in [1.82, 2.24) is 0 Å². The number of hydrogen-bond acceptors (Lipinski definition) is 1. The van der Waals surface area contributed by atoms with Crippen molar-refractivity contribution in [3.8, 4) is 0 Å². The van der Waals surface area contributed by atoms with Crippen LogP contribution >= 0.6 is 0 Å². The molecule has 0 unspecified atom stereocenters. The van der Waals surface area contributed by atoms with Crippen molar-refractivity contribution in [2.24, 2.45) is 0 Å². The lowest BCUT2D eigenvalue weighted by molar-refractivity contribution is -0.192. The van der Waals surface area contributed by atoms with Gasteiger partial charge in [-0.15, -0.1) is 0 Å². The molecule has 0 fully saturated rings. The van der Waals surface area contributed by atoms with Crippen LogP contribution in [0.4, 0.5) is 13.2 Å². The van der Waals surface area contributed by atoms with Gasteiger partial charge in [0.05, 0.1) is 0 Å². The average Bonchev–Trinajstić information content (AvgIpc) is 1.60. The molecule has 0 heterocycles. The number of halogens is 3. The zero-order valence-corrected chi connectivity index (χ0v) is 7.25. The molecular formula is C5H11F3OSi. The lowest BCUT2D eigenvalue weighted by atomic mass is 10.7. The first-order chi connectivity index (χ1) is 4.27. The van der Waals surface area contributed by atoms with Gasteiger partial charge in [-0.25, -0.2) is 4.39 Å². The maximum Gasteiger partial charge on any atom is 0.375 e. The Kier molecular flexibility index (Phi) is 2.91. The maximum atomic E-state index is 12.1. The Morgan fingerprint density at radius 2 is 1.70 bits per heavy atom. The molecule has 10 heavy (non-hydrogen) atoms. The summed E-state index contributed by atoms with van der Waals surface area (Å²) in [6, 6.07) is 0. The van der Waals surface area contributed by atoms with Gasteiger partial charge in [-0.2, -0.15) is 8.78 Å². The summed E-state index contributed by atoms with van der Waals surface area (Å²) in [5.41, 5.74) is 0. The van der Waals surface area contributed by atoms with Crippen molar-refractivity contribution in [2.45, 2.75) is 25.7 Å². The number of alkyl halides is 3. The van der Waals surface area contributed by atoms with E-state index in [0.717, 1.165) is 0 Å². The van der Waals surface area contributed by atoms with Gasteiger partial charge in [0.2, 0.25) is 0 Å². The molecule has 1 nitrogen and oxygen atoms in total. The summed E-state index contributed by atoms with van der Waals surface area (Å²) in [5, 5.41) is 0. The zero-order chi connectivity index (χ0) is 8.41. The van der Waals surface area contributed by atoms with Gasteiger partial charge in [-0.1, -0.05) is 0 Å². The first-order valence-electron chi connectivity index (χ1n) is 2.91. The molecule has 0 rings (SSSR count). The Morgan fingerprint density at radius 1 is 1.30 bits per heavy atom. The Hall–Kier alpha value is -0.0331. The van der Waals surface area contributed by atoms with Crippen molar-refractivity contribution in [1.29, 1.82) is 0 Å². The molecule has 0 bridgehead atoms. The molecule has 0 N–H and O–H groups in total. The van der Waals surface area contributed by atoms with Gasteiger partial charge in [0.15, 0.2) is 15.0 Å². The normalized spacial score (nSPS) is 13.8. The quantitative estimate of drug-likeness (QED) is 0.594. The van der Waals surface area contributed by atoms with E-state index in [9.17, 15) is 13.2 Å². The minimum atomic E-state index is -3.58. The van der Waals surface area contributed by atoms with Gasteiger partial charge >= 0.3 is 6.11 Å². The lowest BCUT2D eigenvalue weighted by Crippen LogP contribution is -2.37. The third-order valence-electron chi connectivity index (χ3n) is 0.611. The van der Waals surface area contributed by atoms with Crippen LogP contribution in [0.2, 0.25) is 19.6 Å². The molecule has 0 aromatic carbocycles. The van der Waals surface area contributed by atoms with E-state index in [1.165, 1.54) is 0 Å². The van der Waals surface area contributed by atoms with Crippen LogP contribution < -0.4 is 0 Å². The Labute approximate surface area is 59.3 Å². The molecule has 5 heteroatoms. The van der Waals surface area contributed by atoms with Crippen molar-refractivity contribution in [3.05, 3.63) is 0 Å². The van der Waals surface area contributed by atoms with Crippen LogP contribution in [0.15, 0.2) is 0 Å². The van der Waals surface area contributed by atoms with Crippen LogP contribution in [-0.2, 0) is 4.43 Å². The molecule has 0 saturated heterocycles. The molecule has 0 saturated carbocycles. The van der Waals surface area contributed by atoms with E-state index in [0.29, 0.717) is 0 Å². The van der Waals surface area contributed by atoms with Gasteiger partial charge in [-0.05, 0) is 19.6 Å². The highest BCUT2D eigenvalue weighted by Crippen LogP contribution is 2.21. The summed E-state index contributed by atoms with van der Waals surface area (Å²) >= 11 is 0. The topological polar surface area (TPSA) is 9.23 Å². The highest BCUT2D eigenvalue weighted by atomic mass is 28.4. The zero-order valence-electron chi connectivity index (χ0n) is 6.25. The highest BCUT2D eigenvalue weighted by molar-refractivity contribution is 6.69. The Bertz CT molecular complexity index is 110. The standard InChI is InChI=1S/C5H11F3OSi/c1-10(2,3)9-5(7,8)4-6/h4H2,1-3H3. The fraction of sp³-hybridized carbons (Fsp3) is 1.00. The van der Waals surface area contributed by atoms with Gasteiger partial charge in [0.25, 0.3) is 0 Å². The largest absolute Gasteiger partial charge is 0.375 e. The average molecular weight is 172 g/mol. The predicted octanol–water partition coefficient (Wildman–Crippen LogP) is 2.40. The third-order valence-corrected chi connectivity index (χ3v) is 1.52. The van der Waals surface area contributed by atoms with Crippen LogP contribution in [0.1, 0.15) is 0 Å². The van der Waals surface area contributed by atoms with E-state index < -0.39 is 21.1 Å². The maximum absolute atomic E-state index is 12.1. The lowest BCUT2D eigenvalue weighted by Gasteiger charge is -2.23. The first kappa shape index (κ1) is 9.97. The van der Waals surface area contributed by atoms with Gasteiger partial charge in [0.1, 0.15) is 0 Å². The summed E-state index contributed by atoms with van der Waals surface area (Å²) in [5.74, 6) is 0. The first-order valence-corrected chi connectivity index (χ1v) is 6.32. The van der Waals surface area contributed by atoms with Crippen LogP contribution in [-0.4, -0.2) is 21.1 Å². The predicted molar refractivity (Wildman–Crippen MR) is 35.4 cm³/mol. The summed E-state index contributed by atoms with van der Waals surface area (Å²) in [4.78, 5) is 0. The van der Waals surface area contributed by atoms with Crippen molar-refractivity contribution < 1.29 is 17.6 Å². The molecule has 62 valence electrons. The molecule has 0 spiro atoms. The molecule has 0 atom stereocenters. The monoisotopic (exact) mass is 172 g/mol. The van der Waals surface area contributed by atoms with Crippen LogP contribution in [0.5, 0.6) is 0 Å². The molecular weight excluding hydrogens is 161 g/mol. The van der Waals surface area contributed by atoms with Gasteiger partial charge in [0, 0.05) is 0 Å². The van der Waals surface area contributed by atoms with Crippen LogP contribution in [0, 0.1) is 0 Å². The smallest absolute Gasteiger partial charge is 0.361 e. The van der Waals surface area contributed by atoms with E-state index >= 15 is 0 Å². The molecule has 0 aliphatic heterocycles. The van der Waals surface area contributed by atoms with E-state index in [4.69, 9.17) is 0 Å². The summed E-state index contributed by atoms with van der Waals surface area (Å²) in [6.45, 7) is 3.00. The molecule has 0 aromatic heterocycles. The fourth-order valence-electron chi connectivity index (χ4n) is 0.475. The molecule has 0 amide bonds. The second-order valence-electron chi connectivity index (χ2n) is 2.99. The Balaban J connectivity index is 3.89. The fourth-order valence-corrected chi connectivity index (χ4v) is 1.43. The number of rotatable bonds is 3. The molecule has 0 aliphatic carbocycles. The van der Waals surface area contributed by atoms with Crippen molar-refractivity contribution in [3.63, 3.8) is 0 Å². The minimum absolute atomic E-state index is 1.58. The minimum Gasteiger partial charge on any atom is -0.361 e. The van der Waals surface area contributed by atoms with Crippen molar-refractivity contribution >= 4 is 8.32 Å². The Morgan fingerprint density at radius 3 is 1.80 bits per heavy atom. The third kappa shape index (κ3) is 4.81. The van der Waals surface area contributed by atoms with E-state index in [1.807, 2.05) is 0 Å². The molecule has 0 aromatic rings. The molecule has 0 aliphatic rings. The summed E-state index contributed by atoms with van der Waals surface area (Å²) in [7, 11) is -2.30. The number of hydrogen-bond donors (Lipinski definition) is 0.